The normalized spacial score (nSPS) is 12.0. The molecule has 3 rings (SSSR count). The number of aromatic nitrogens is 2. The Balaban J connectivity index is 2.20. The zero-order chi connectivity index (χ0) is 15.2. The van der Waals surface area contributed by atoms with Gasteiger partial charge in [-0.1, -0.05) is 31.9 Å². The number of fused-ring (bicyclic) bond motifs is 1. The van der Waals surface area contributed by atoms with E-state index in [0.717, 1.165) is 20.0 Å². The van der Waals surface area contributed by atoms with Crippen LogP contribution in [0.15, 0.2) is 50.2 Å². The van der Waals surface area contributed by atoms with Crippen molar-refractivity contribution < 1.29 is 8.42 Å². The largest absolute Gasteiger partial charge is 0.338 e. The Hall–Kier alpha value is -1.18. The number of nitrogens with zero attached hydrogens (tertiary/aromatic N) is 1. The molecular weight excluding hydrogens is 420 g/mol. The molecule has 2 aromatic carbocycles. The van der Waals surface area contributed by atoms with Crippen LogP contribution in [0.1, 0.15) is 0 Å². The minimum atomic E-state index is -3.23. The average Bonchev–Trinajstić information content (AvgIpc) is 2.83. The maximum atomic E-state index is 11.6. The van der Waals surface area contributed by atoms with Crippen LogP contribution in [0.2, 0.25) is 0 Å². The highest BCUT2D eigenvalue weighted by Gasteiger charge is 2.12. The van der Waals surface area contributed by atoms with E-state index in [1.807, 2.05) is 18.2 Å². The summed E-state index contributed by atoms with van der Waals surface area (Å²) >= 11 is 6.93. The predicted octanol–water partition coefficient (Wildman–Crippen LogP) is 4.16. The number of H-pyrrole nitrogens is 1. The molecular formula is C14H10Br2N2O2S. The second kappa shape index (κ2) is 5.23. The van der Waals surface area contributed by atoms with E-state index in [4.69, 9.17) is 0 Å². The van der Waals surface area contributed by atoms with E-state index in [1.165, 1.54) is 6.26 Å². The molecule has 0 aliphatic rings. The van der Waals surface area contributed by atoms with Gasteiger partial charge in [-0.15, -0.1) is 0 Å². The molecule has 1 N–H and O–H groups in total. The maximum absolute atomic E-state index is 11.6. The summed E-state index contributed by atoms with van der Waals surface area (Å²) in [5, 5.41) is 0. The first-order valence-electron chi connectivity index (χ1n) is 6.00. The zero-order valence-electron chi connectivity index (χ0n) is 10.9. The van der Waals surface area contributed by atoms with Crippen molar-refractivity contribution in [2.75, 3.05) is 6.26 Å². The van der Waals surface area contributed by atoms with Crippen molar-refractivity contribution in [1.29, 1.82) is 0 Å². The summed E-state index contributed by atoms with van der Waals surface area (Å²) < 4.78 is 25.1. The van der Waals surface area contributed by atoms with Crippen molar-refractivity contribution >= 4 is 52.7 Å². The minimum Gasteiger partial charge on any atom is -0.338 e. The van der Waals surface area contributed by atoms with E-state index >= 15 is 0 Å². The lowest BCUT2D eigenvalue weighted by Gasteiger charge is -2.01. The second-order valence-corrected chi connectivity index (χ2v) is 8.45. The van der Waals surface area contributed by atoms with Gasteiger partial charge in [-0.3, -0.25) is 0 Å². The van der Waals surface area contributed by atoms with Crippen LogP contribution in [0.25, 0.3) is 22.4 Å². The standard InChI is InChI=1S/C14H10Br2N2O2S/c1-21(19,20)9-3-5-12-13(7-9)18-14(17-12)10-6-8(15)2-4-11(10)16/h2-7H,1H3,(H,17,18). The summed E-state index contributed by atoms with van der Waals surface area (Å²) in [6, 6.07) is 10.7. The number of nitrogens with one attached hydrogen (secondary N) is 1. The summed E-state index contributed by atoms with van der Waals surface area (Å²) in [5.41, 5.74) is 2.32. The molecule has 0 spiro atoms. The number of rotatable bonds is 2. The van der Waals surface area contributed by atoms with Gasteiger partial charge >= 0.3 is 0 Å². The molecule has 108 valence electrons. The Morgan fingerprint density at radius 1 is 1.10 bits per heavy atom. The van der Waals surface area contributed by atoms with Crippen LogP contribution in [0.4, 0.5) is 0 Å². The first-order chi connectivity index (χ1) is 9.84. The van der Waals surface area contributed by atoms with Gasteiger partial charge < -0.3 is 4.98 Å². The number of halogens is 2. The molecule has 0 atom stereocenters. The Kier molecular flexibility index (Phi) is 3.67. The Bertz CT molecular complexity index is 949. The van der Waals surface area contributed by atoms with E-state index in [2.05, 4.69) is 41.8 Å². The van der Waals surface area contributed by atoms with E-state index in [0.29, 0.717) is 11.3 Å². The highest BCUT2D eigenvalue weighted by molar-refractivity contribution is 9.11. The van der Waals surface area contributed by atoms with Crippen molar-refractivity contribution in [2.24, 2.45) is 0 Å². The fourth-order valence-corrected chi connectivity index (χ4v) is 3.47. The highest BCUT2D eigenvalue weighted by atomic mass is 79.9. The molecule has 0 aliphatic carbocycles. The predicted molar refractivity (Wildman–Crippen MR) is 90.0 cm³/mol. The maximum Gasteiger partial charge on any atom is 0.175 e. The van der Waals surface area contributed by atoms with Crippen LogP contribution in [-0.4, -0.2) is 24.6 Å². The highest BCUT2D eigenvalue weighted by Crippen LogP contribution is 2.31. The quantitative estimate of drug-likeness (QED) is 0.665. The third-order valence-corrected chi connectivity index (χ3v) is 5.36. The molecule has 0 aliphatic heterocycles. The number of imidazole rings is 1. The summed E-state index contributed by atoms with van der Waals surface area (Å²) in [6.07, 6.45) is 1.19. The molecule has 0 unspecified atom stereocenters. The second-order valence-electron chi connectivity index (χ2n) is 4.66. The molecule has 4 nitrogen and oxygen atoms in total. The smallest absolute Gasteiger partial charge is 0.175 e. The summed E-state index contributed by atoms with van der Waals surface area (Å²) in [4.78, 5) is 7.95. The van der Waals surface area contributed by atoms with Crippen LogP contribution in [0.5, 0.6) is 0 Å². The van der Waals surface area contributed by atoms with Gasteiger partial charge in [-0.05, 0) is 36.4 Å². The SMILES string of the molecule is CS(=O)(=O)c1ccc2nc(-c3cc(Br)ccc3Br)[nH]c2c1. The first kappa shape index (κ1) is 14.7. The molecule has 0 saturated carbocycles. The molecule has 0 amide bonds. The monoisotopic (exact) mass is 428 g/mol. The van der Waals surface area contributed by atoms with Gasteiger partial charge in [-0.2, -0.15) is 0 Å². The third kappa shape index (κ3) is 2.90. The van der Waals surface area contributed by atoms with E-state index in [-0.39, 0.29) is 4.90 Å². The molecule has 0 radical (unpaired) electrons. The third-order valence-electron chi connectivity index (χ3n) is 3.07. The lowest BCUT2D eigenvalue weighted by molar-refractivity contribution is 0.602. The fraction of sp³-hybridized carbons (Fsp3) is 0.0714. The molecule has 0 saturated heterocycles. The van der Waals surface area contributed by atoms with Gasteiger partial charge in [0.2, 0.25) is 0 Å². The number of aromatic amines is 1. The number of hydrogen-bond acceptors (Lipinski definition) is 3. The number of benzene rings is 2. The van der Waals surface area contributed by atoms with Gasteiger partial charge in [-0.25, -0.2) is 13.4 Å². The molecule has 1 heterocycles. The topological polar surface area (TPSA) is 62.8 Å². The summed E-state index contributed by atoms with van der Waals surface area (Å²) in [6.45, 7) is 0. The average molecular weight is 430 g/mol. The van der Waals surface area contributed by atoms with Crippen LogP contribution in [0, 0.1) is 0 Å². The Morgan fingerprint density at radius 3 is 2.57 bits per heavy atom. The van der Waals surface area contributed by atoms with Gasteiger partial charge in [0.25, 0.3) is 0 Å². The fourth-order valence-electron chi connectivity index (χ4n) is 2.03. The summed E-state index contributed by atoms with van der Waals surface area (Å²) in [5.74, 6) is 0.684. The van der Waals surface area contributed by atoms with Gasteiger partial charge in [0, 0.05) is 20.8 Å². The molecule has 0 bridgehead atoms. The molecule has 3 aromatic rings. The van der Waals surface area contributed by atoms with Crippen molar-refractivity contribution in [3.8, 4) is 11.4 Å². The van der Waals surface area contributed by atoms with E-state index in [1.54, 1.807) is 18.2 Å². The molecule has 7 heteroatoms. The van der Waals surface area contributed by atoms with Crippen molar-refractivity contribution in [3.63, 3.8) is 0 Å². The van der Waals surface area contributed by atoms with Gasteiger partial charge in [0.1, 0.15) is 5.82 Å². The van der Waals surface area contributed by atoms with E-state index < -0.39 is 9.84 Å². The lowest BCUT2D eigenvalue weighted by Crippen LogP contribution is -1.96. The minimum absolute atomic E-state index is 0.276. The first-order valence-corrected chi connectivity index (χ1v) is 9.47. The lowest BCUT2D eigenvalue weighted by atomic mass is 10.2. The Labute approximate surface area is 138 Å². The van der Waals surface area contributed by atoms with Crippen molar-refractivity contribution in [1.82, 2.24) is 9.97 Å². The van der Waals surface area contributed by atoms with Crippen LogP contribution in [-0.2, 0) is 9.84 Å². The molecule has 1 aromatic heterocycles. The van der Waals surface area contributed by atoms with Crippen LogP contribution >= 0.6 is 31.9 Å². The number of sulfone groups is 1. The van der Waals surface area contributed by atoms with Crippen molar-refractivity contribution in [3.05, 3.63) is 45.3 Å². The molecule has 0 fully saturated rings. The van der Waals surface area contributed by atoms with Crippen molar-refractivity contribution in [2.45, 2.75) is 4.90 Å². The summed E-state index contributed by atoms with van der Waals surface area (Å²) in [7, 11) is -3.23. The van der Waals surface area contributed by atoms with Gasteiger partial charge in [0.05, 0.1) is 15.9 Å². The van der Waals surface area contributed by atoms with Crippen LogP contribution < -0.4 is 0 Å². The zero-order valence-corrected chi connectivity index (χ0v) is 14.9. The van der Waals surface area contributed by atoms with Gasteiger partial charge in [0.15, 0.2) is 9.84 Å². The number of hydrogen-bond donors (Lipinski definition) is 1. The molecule has 21 heavy (non-hydrogen) atoms. The van der Waals surface area contributed by atoms with Crippen LogP contribution in [0.3, 0.4) is 0 Å². The Morgan fingerprint density at radius 2 is 1.86 bits per heavy atom. The van der Waals surface area contributed by atoms with E-state index in [9.17, 15) is 8.42 Å².